The Morgan fingerprint density at radius 2 is 1.69 bits per heavy atom. The SMILES string of the molecule is COc1c(Cl)cc([C@H]2C3=C(CCCC3=O)N=C3CCCC(=O)C32)cc1Cl. The maximum atomic E-state index is 12.8. The van der Waals surface area contributed by atoms with Gasteiger partial charge < -0.3 is 4.74 Å². The lowest BCUT2D eigenvalue weighted by molar-refractivity contribution is -0.122. The van der Waals surface area contributed by atoms with E-state index >= 15 is 0 Å². The zero-order chi connectivity index (χ0) is 18.4. The normalized spacial score (nSPS) is 25.6. The first-order valence-electron chi connectivity index (χ1n) is 8.90. The zero-order valence-electron chi connectivity index (χ0n) is 14.5. The zero-order valence-corrected chi connectivity index (χ0v) is 16.0. The average molecular weight is 392 g/mol. The van der Waals surface area contributed by atoms with Crippen molar-refractivity contribution in [2.45, 2.75) is 44.4 Å². The highest BCUT2D eigenvalue weighted by Crippen LogP contribution is 2.48. The van der Waals surface area contributed by atoms with E-state index in [1.54, 1.807) is 12.1 Å². The molecule has 0 radical (unpaired) electrons. The Balaban J connectivity index is 1.91. The van der Waals surface area contributed by atoms with Crippen LogP contribution in [0, 0.1) is 5.92 Å². The van der Waals surface area contributed by atoms with Crippen molar-refractivity contribution in [3.05, 3.63) is 39.0 Å². The van der Waals surface area contributed by atoms with Gasteiger partial charge in [0.1, 0.15) is 5.78 Å². The first-order chi connectivity index (χ1) is 12.5. The number of hydrogen-bond donors (Lipinski definition) is 0. The molecular formula is C20H19Cl2NO3. The van der Waals surface area contributed by atoms with Crippen LogP contribution in [0.3, 0.4) is 0 Å². The van der Waals surface area contributed by atoms with Gasteiger partial charge in [-0.25, -0.2) is 0 Å². The second kappa shape index (κ2) is 6.82. The third-order valence-electron chi connectivity index (χ3n) is 5.50. The van der Waals surface area contributed by atoms with Crippen LogP contribution in [0.15, 0.2) is 28.4 Å². The van der Waals surface area contributed by atoms with E-state index in [0.29, 0.717) is 34.2 Å². The van der Waals surface area contributed by atoms with E-state index in [-0.39, 0.29) is 23.4 Å². The number of rotatable bonds is 2. The minimum atomic E-state index is -0.384. The molecule has 0 amide bonds. The lowest BCUT2D eigenvalue weighted by Crippen LogP contribution is -2.39. The molecule has 2 aliphatic carbocycles. The number of carbonyl (C=O) groups is 2. The minimum absolute atomic E-state index is 0.0838. The molecule has 0 aromatic heterocycles. The van der Waals surface area contributed by atoms with Crippen molar-refractivity contribution in [1.82, 2.24) is 0 Å². The number of ether oxygens (including phenoxy) is 1. The second-order valence-electron chi connectivity index (χ2n) is 7.03. The van der Waals surface area contributed by atoms with Gasteiger partial charge in [0.2, 0.25) is 0 Å². The summed E-state index contributed by atoms with van der Waals surface area (Å²) in [6, 6.07) is 3.54. The average Bonchev–Trinajstić information content (AvgIpc) is 2.60. The van der Waals surface area contributed by atoms with Gasteiger partial charge in [-0.3, -0.25) is 14.6 Å². The van der Waals surface area contributed by atoms with E-state index in [0.717, 1.165) is 42.7 Å². The van der Waals surface area contributed by atoms with Gasteiger partial charge in [-0.15, -0.1) is 0 Å². The first kappa shape index (κ1) is 17.7. The predicted octanol–water partition coefficient (Wildman–Crippen LogP) is 4.92. The predicted molar refractivity (Wildman–Crippen MR) is 101 cm³/mol. The third kappa shape index (κ3) is 2.80. The molecule has 4 nitrogen and oxygen atoms in total. The molecule has 1 heterocycles. The van der Waals surface area contributed by atoms with Crippen molar-refractivity contribution in [3.63, 3.8) is 0 Å². The molecule has 6 heteroatoms. The van der Waals surface area contributed by atoms with Crippen LogP contribution in [0.25, 0.3) is 0 Å². The third-order valence-corrected chi connectivity index (χ3v) is 6.06. The number of halogens is 2. The van der Waals surface area contributed by atoms with E-state index < -0.39 is 0 Å². The highest BCUT2D eigenvalue weighted by atomic mass is 35.5. The molecular weight excluding hydrogens is 373 g/mol. The van der Waals surface area contributed by atoms with Crippen molar-refractivity contribution in [2.75, 3.05) is 7.11 Å². The number of benzene rings is 1. The van der Waals surface area contributed by atoms with Gasteiger partial charge in [0.05, 0.1) is 23.1 Å². The summed E-state index contributed by atoms with van der Waals surface area (Å²) in [7, 11) is 1.51. The molecule has 4 rings (SSSR count). The molecule has 26 heavy (non-hydrogen) atoms. The summed E-state index contributed by atoms with van der Waals surface area (Å²) in [4.78, 5) is 30.3. The highest BCUT2D eigenvalue weighted by Gasteiger charge is 2.44. The summed E-state index contributed by atoms with van der Waals surface area (Å²) >= 11 is 12.7. The number of aliphatic imine (C=N–C) groups is 1. The number of fused-ring (bicyclic) bond motifs is 1. The van der Waals surface area contributed by atoms with Crippen molar-refractivity contribution < 1.29 is 14.3 Å². The first-order valence-corrected chi connectivity index (χ1v) is 9.66. The van der Waals surface area contributed by atoms with Crippen LogP contribution in [0.2, 0.25) is 10.0 Å². The summed E-state index contributed by atoms with van der Waals surface area (Å²) in [5.41, 5.74) is 3.21. The smallest absolute Gasteiger partial charge is 0.161 e. The molecule has 0 N–H and O–H groups in total. The molecule has 1 fully saturated rings. The molecule has 1 saturated carbocycles. The molecule has 1 aliphatic heterocycles. The number of carbonyl (C=O) groups excluding carboxylic acids is 2. The van der Waals surface area contributed by atoms with Crippen LogP contribution in [0.5, 0.6) is 5.75 Å². The van der Waals surface area contributed by atoms with Gasteiger partial charge in [0, 0.05) is 35.7 Å². The number of nitrogens with zero attached hydrogens (tertiary/aromatic N) is 1. The number of hydrogen-bond acceptors (Lipinski definition) is 4. The van der Waals surface area contributed by atoms with E-state index in [1.807, 2.05) is 0 Å². The Labute approximate surface area is 162 Å². The van der Waals surface area contributed by atoms with Crippen LogP contribution >= 0.6 is 23.2 Å². The molecule has 136 valence electrons. The van der Waals surface area contributed by atoms with E-state index in [9.17, 15) is 9.59 Å². The topological polar surface area (TPSA) is 55.7 Å². The van der Waals surface area contributed by atoms with E-state index in [4.69, 9.17) is 32.9 Å². The lowest BCUT2D eigenvalue weighted by atomic mass is 9.67. The van der Waals surface area contributed by atoms with Gasteiger partial charge in [-0.05, 0) is 43.4 Å². The molecule has 0 bridgehead atoms. The van der Waals surface area contributed by atoms with Crippen molar-refractivity contribution in [1.29, 1.82) is 0 Å². The van der Waals surface area contributed by atoms with Gasteiger partial charge in [-0.2, -0.15) is 0 Å². The lowest BCUT2D eigenvalue weighted by Gasteiger charge is -2.38. The van der Waals surface area contributed by atoms with Crippen molar-refractivity contribution >= 4 is 40.5 Å². The summed E-state index contributed by atoms with van der Waals surface area (Å²) in [5.74, 6) is -0.0986. The molecule has 1 aromatic carbocycles. The van der Waals surface area contributed by atoms with Crippen LogP contribution in [0.4, 0.5) is 0 Å². The number of allylic oxidation sites excluding steroid dienone is 2. The Morgan fingerprint density at radius 3 is 2.38 bits per heavy atom. The summed E-state index contributed by atoms with van der Waals surface area (Å²) in [6.45, 7) is 0. The number of ketones is 2. The fourth-order valence-electron chi connectivity index (χ4n) is 4.41. The highest BCUT2D eigenvalue weighted by molar-refractivity contribution is 6.37. The molecule has 2 atom stereocenters. The second-order valence-corrected chi connectivity index (χ2v) is 7.85. The monoisotopic (exact) mass is 391 g/mol. The minimum Gasteiger partial charge on any atom is -0.494 e. The summed E-state index contributed by atoms with van der Waals surface area (Å²) < 4.78 is 5.24. The van der Waals surface area contributed by atoms with E-state index in [2.05, 4.69) is 0 Å². The fourth-order valence-corrected chi connectivity index (χ4v) is 5.07. The maximum Gasteiger partial charge on any atom is 0.161 e. The standard InChI is InChI=1S/C20H19Cl2NO3/c1-26-20-11(21)8-10(9-12(20)22)17-18-13(4-2-6-15(18)24)23-14-5-3-7-16(25)19(14)17/h8-9,17-18H,2-7H2,1H3/t17-,18?/m1/s1. The van der Waals surface area contributed by atoms with E-state index in [1.165, 1.54) is 7.11 Å². The van der Waals surface area contributed by atoms with Crippen molar-refractivity contribution in [2.24, 2.45) is 10.9 Å². The number of methoxy groups -OCH3 is 1. The summed E-state index contributed by atoms with van der Waals surface area (Å²) in [6.07, 6.45) is 4.23. The summed E-state index contributed by atoms with van der Waals surface area (Å²) in [5, 5.41) is 0.764. The van der Waals surface area contributed by atoms with Gasteiger partial charge >= 0.3 is 0 Å². The fraction of sp³-hybridized carbons (Fsp3) is 0.450. The van der Waals surface area contributed by atoms with Crippen LogP contribution in [-0.2, 0) is 9.59 Å². The van der Waals surface area contributed by atoms with Gasteiger partial charge in [0.15, 0.2) is 11.5 Å². The van der Waals surface area contributed by atoms with Crippen LogP contribution in [0.1, 0.15) is 50.0 Å². The Kier molecular flexibility index (Phi) is 4.66. The largest absolute Gasteiger partial charge is 0.494 e. The Bertz CT molecular complexity index is 849. The molecule has 3 aliphatic rings. The van der Waals surface area contributed by atoms with Crippen LogP contribution < -0.4 is 4.74 Å². The Hall–Kier alpha value is -1.65. The van der Waals surface area contributed by atoms with Gasteiger partial charge in [-0.1, -0.05) is 23.2 Å². The molecule has 0 spiro atoms. The molecule has 1 unspecified atom stereocenters. The number of Topliss-reactive ketones (excluding diaryl/α,β-unsaturated/α-hetero) is 2. The van der Waals surface area contributed by atoms with Crippen molar-refractivity contribution in [3.8, 4) is 5.75 Å². The van der Waals surface area contributed by atoms with Crippen LogP contribution in [-0.4, -0.2) is 24.4 Å². The van der Waals surface area contributed by atoms with Gasteiger partial charge in [0.25, 0.3) is 0 Å². The molecule has 1 aromatic rings. The maximum absolute atomic E-state index is 12.8. The Morgan fingerprint density at radius 1 is 1.00 bits per heavy atom. The molecule has 0 saturated heterocycles. The quantitative estimate of drug-likeness (QED) is 0.718.